The highest BCUT2D eigenvalue weighted by atomic mass is 35.5. The molecule has 0 fully saturated rings. The summed E-state index contributed by atoms with van der Waals surface area (Å²) >= 11 is 5.93. The van der Waals surface area contributed by atoms with Crippen molar-refractivity contribution in [2.24, 2.45) is 0 Å². The van der Waals surface area contributed by atoms with Crippen molar-refractivity contribution in [3.63, 3.8) is 0 Å². The molecule has 25 heavy (non-hydrogen) atoms. The van der Waals surface area contributed by atoms with E-state index in [1.54, 1.807) is 38.5 Å². The van der Waals surface area contributed by atoms with E-state index in [1.807, 2.05) is 6.92 Å². The number of hydrogen-bond donors (Lipinski definition) is 1. The lowest BCUT2D eigenvalue weighted by molar-refractivity contribution is -0.117. The van der Waals surface area contributed by atoms with Crippen molar-refractivity contribution in [3.05, 3.63) is 64.4 Å². The highest BCUT2D eigenvalue weighted by Gasteiger charge is 2.14. The lowest BCUT2D eigenvalue weighted by Gasteiger charge is -2.17. The fourth-order valence-electron chi connectivity index (χ4n) is 2.35. The lowest BCUT2D eigenvalue weighted by atomic mass is 10.1. The average molecular weight is 364 g/mol. The van der Waals surface area contributed by atoms with Crippen molar-refractivity contribution in [1.29, 1.82) is 0 Å². The van der Waals surface area contributed by atoms with Crippen molar-refractivity contribution in [2.45, 2.75) is 13.0 Å². The second-order valence-corrected chi connectivity index (χ2v) is 5.71. The Bertz CT molecular complexity index is 772. The standard InChI is InChI=1S/C19H19ClFNO3/c1-12(15-11-13(24-2)7-9-18(15)25-3)22-19(23)10-8-14-16(20)5-4-6-17(14)21/h4-12H,1-3H3,(H,22,23)/b10-8+/t12-/m1/s1. The van der Waals surface area contributed by atoms with Crippen molar-refractivity contribution in [3.8, 4) is 11.5 Å². The Kier molecular flexibility index (Phi) is 6.42. The molecule has 0 saturated heterocycles. The molecule has 0 aliphatic carbocycles. The molecule has 2 aromatic carbocycles. The number of ether oxygens (including phenoxy) is 2. The van der Waals surface area contributed by atoms with Crippen LogP contribution in [0.3, 0.4) is 0 Å². The normalized spacial score (nSPS) is 12.0. The molecule has 2 aromatic rings. The zero-order valence-electron chi connectivity index (χ0n) is 14.2. The molecule has 0 aliphatic heterocycles. The van der Waals surface area contributed by atoms with Gasteiger partial charge in [0.1, 0.15) is 17.3 Å². The van der Waals surface area contributed by atoms with E-state index in [4.69, 9.17) is 21.1 Å². The number of rotatable bonds is 6. The van der Waals surface area contributed by atoms with Crippen molar-refractivity contribution < 1.29 is 18.7 Å². The number of methoxy groups -OCH3 is 2. The molecular formula is C19H19ClFNO3. The predicted octanol–water partition coefficient (Wildman–Crippen LogP) is 4.39. The highest BCUT2D eigenvalue weighted by molar-refractivity contribution is 6.32. The Morgan fingerprint density at radius 2 is 2.00 bits per heavy atom. The summed E-state index contributed by atoms with van der Waals surface area (Å²) in [4.78, 5) is 12.1. The van der Waals surface area contributed by atoms with Crippen LogP contribution in [0.2, 0.25) is 5.02 Å². The van der Waals surface area contributed by atoms with Gasteiger partial charge in [0, 0.05) is 17.2 Å². The molecule has 132 valence electrons. The quantitative estimate of drug-likeness (QED) is 0.774. The topological polar surface area (TPSA) is 47.6 Å². The van der Waals surface area contributed by atoms with Gasteiger partial charge in [-0.15, -0.1) is 0 Å². The first-order chi connectivity index (χ1) is 12.0. The van der Waals surface area contributed by atoms with E-state index in [9.17, 15) is 9.18 Å². The van der Waals surface area contributed by atoms with Gasteiger partial charge < -0.3 is 14.8 Å². The maximum Gasteiger partial charge on any atom is 0.244 e. The van der Waals surface area contributed by atoms with Gasteiger partial charge in [-0.25, -0.2) is 4.39 Å². The first-order valence-corrected chi connectivity index (χ1v) is 7.98. The maximum absolute atomic E-state index is 13.7. The summed E-state index contributed by atoms with van der Waals surface area (Å²) in [5.41, 5.74) is 0.943. The Labute approximate surface area is 151 Å². The summed E-state index contributed by atoms with van der Waals surface area (Å²) in [5, 5.41) is 3.05. The van der Waals surface area contributed by atoms with Gasteiger partial charge in [0.25, 0.3) is 0 Å². The Morgan fingerprint density at radius 3 is 2.64 bits per heavy atom. The van der Waals surface area contributed by atoms with Gasteiger partial charge in [0.15, 0.2) is 0 Å². The van der Waals surface area contributed by atoms with E-state index in [0.29, 0.717) is 11.5 Å². The van der Waals surface area contributed by atoms with Crippen LogP contribution in [0.25, 0.3) is 6.08 Å². The molecule has 2 rings (SSSR count). The van der Waals surface area contributed by atoms with Crippen LogP contribution in [0.5, 0.6) is 11.5 Å². The van der Waals surface area contributed by atoms with Crippen LogP contribution in [0.1, 0.15) is 24.1 Å². The number of carbonyl (C=O) groups is 1. The minimum absolute atomic E-state index is 0.172. The number of benzene rings is 2. The van der Waals surface area contributed by atoms with Crippen LogP contribution in [0.15, 0.2) is 42.5 Å². The number of carbonyl (C=O) groups excluding carboxylic acids is 1. The lowest BCUT2D eigenvalue weighted by Crippen LogP contribution is -2.25. The zero-order chi connectivity index (χ0) is 18.4. The van der Waals surface area contributed by atoms with Gasteiger partial charge in [-0.3, -0.25) is 4.79 Å². The van der Waals surface area contributed by atoms with Crippen LogP contribution in [0, 0.1) is 5.82 Å². The van der Waals surface area contributed by atoms with E-state index < -0.39 is 5.82 Å². The molecule has 4 nitrogen and oxygen atoms in total. The smallest absolute Gasteiger partial charge is 0.244 e. The summed E-state index contributed by atoms with van der Waals surface area (Å²) in [6.45, 7) is 1.82. The molecule has 0 aromatic heterocycles. The number of nitrogens with one attached hydrogen (secondary N) is 1. The molecule has 0 spiro atoms. The number of amides is 1. The van der Waals surface area contributed by atoms with Crippen LogP contribution in [-0.2, 0) is 4.79 Å². The second-order valence-electron chi connectivity index (χ2n) is 5.31. The minimum Gasteiger partial charge on any atom is -0.497 e. The number of hydrogen-bond acceptors (Lipinski definition) is 3. The molecule has 0 bridgehead atoms. The van der Waals surface area contributed by atoms with E-state index >= 15 is 0 Å². The Hall–Kier alpha value is -2.53. The minimum atomic E-state index is -0.487. The first-order valence-electron chi connectivity index (χ1n) is 7.60. The highest BCUT2D eigenvalue weighted by Crippen LogP contribution is 2.29. The third-order valence-electron chi connectivity index (χ3n) is 3.66. The molecule has 1 atom stereocenters. The van der Waals surface area contributed by atoms with Crippen LogP contribution in [-0.4, -0.2) is 20.1 Å². The summed E-state index contributed by atoms with van der Waals surface area (Å²) in [7, 11) is 3.12. The molecule has 1 N–H and O–H groups in total. The van der Waals surface area contributed by atoms with E-state index in [-0.39, 0.29) is 22.5 Å². The monoisotopic (exact) mass is 363 g/mol. The fourth-order valence-corrected chi connectivity index (χ4v) is 2.57. The van der Waals surface area contributed by atoms with Crippen LogP contribution >= 0.6 is 11.6 Å². The van der Waals surface area contributed by atoms with Gasteiger partial charge >= 0.3 is 0 Å². The van der Waals surface area contributed by atoms with Crippen molar-refractivity contribution in [1.82, 2.24) is 5.32 Å². The summed E-state index contributed by atoms with van der Waals surface area (Å²) in [6, 6.07) is 9.35. The third kappa shape index (κ3) is 4.73. The molecular weight excluding hydrogens is 345 g/mol. The van der Waals surface area contributed by atoms with Gasteiger partial charge in [0.2, 0.25) is 5.91 Å². The summed E-state index contributed by atoms with van der Waals surface area (Å²) in [5.74, 6) is 0.427. The first kappa shape index (κ1) is 18.8. The molecule has 0 unspecified atom stereocenters. The largest absolute Gasteiger partial charge is 0.497 e. The van der Waals surface area contributed by atoms with Gasteiger partial charge in [-0.05, 0) is 43.3 Å². The molecule has 1 amide bonds. The maximum atomic E-state index is 13.7. The Morgan fingerprint density at radius 1 is 1.24 bits per heavy atom. The molecule has 0 heterocycles. The van der Waals surface area contributed by atoms with Gasteiger partial charge in [-0.1, -0.05) is 17.7 Å². The molecule has 6 heteroatoms. The zero-order valence-corrected chi connectivity index (χ0v) is 14.9. The summed E-state index contributed by atoms with van der Waals surface area (Å²) in [6.07, 6.45) is 2.59. The van der Waals surface area contributed by atoms with Crippen molar-refractivity contribution in [2.75, 3.05) is 14.2 Å². The van der Waals surface area contributed by atoms with Gasteiger partial charge in [-0.2, -0.15) is 0 Å². The van der Waals surface area contributed by atoms with Crippen LogP contribution in [0.4, 0.5) is 4.39 Å². The van der Waals surface area contributed by atoms with E-state index in [0.717, 1.165) is 5.56 Å². The second kappa shape index (κ2) is 8.53. The number of halogens is 2. The van der Waals surface area contributed by atoms with Gasteiger partial charge in [0.05, 0.1) is 25.3 Å². The predicted molar refractivity (Wildman–Crippen MR) is 96.5 cm³/mol. The molecule has 0 aliphatic rings. The fraction of sp³-hybridized carbons (Fsp3) is 0.211. The third-order valence-corrected chi connectivity index (χ3v) is 3.99. The summed E-state index contributed by atoms with van der Waals surface area (Å²) < 4.78 is 24.2. The SMILES string of the molecule is COc1ccc(OC)c([C@@H](C)NC(=O)/C=C/c2c(F)cccc2Cl)c1. The van der Waals surface area contributed by atoms with Crippen molar-refractivity contribution >= 4 is 23.6 Å². The van der Waals surface area contributed by atoms with E-state index in [2.05, 4.69) is 5.32 Å². The molecule has 0 radical (unpaired) electrons. The molecule has 0 saturated carbocycles. The average Bonchev–Trinajstić information content (AvgIpc) is 2.60. The van der Waals surface area contributed by atoms with E-state index in [1.165, 1.54) is 24.3 Å². The van der Waals surface area contributed by atoms with Crippen LogP contribution < -0.4 is 14.8 Å². The Balaban J connectivity index is 2.14.